The molecule has 2 aromatic carbocycles. The van der Waals surface area contributed by atoms with Crippen molar-refractivity contribution in [3.8, 4) is 5.75 Å². The van der Waals surface area contributed by atoms with E-state index in [1.165, 1.54) is 10.5 Å². The number of carbonyl (C=O) groups is 2. The number of carbonyl (C=O) groups excluding carboxylic acids is 2. The first-order valence-electron chi connectivity index (χ1n) is 9.10. The monoisotopic (exact) mass is 368 g/mol. The number of ether oxygens (including phenoxy) is 1. The first-order chi connectivity index (χ1) is 13.0. The number of para-hydroxylation sites is 1. The molecular formula is C21H24N2O4. The summed E-state index contributed by atoms with van der Waals surface area (Å²) in [5, 5.41) is 10.3. The van der Waals surface area contributed by atoms with Gasteiger partial charge in [0, 0.05) is 5.69 Å². The van der Waals surface area contributed by atoms with E-state index < -0.39 is 18.2 Å². The van der Waals surface area contributed by atoms with Gasteiger partial charge in [-0.3, -0.25) is 14.6 Å². The van der Waals surface area contributed by atoms with E-state index in [1.807, 2.05) is 42.5 Å². The molecular weight excluding hydrogens is 344 g/mol. The lowest BCUT2D eigenvalue weighted by Crippen LogP contribution is -2.40. The van der Waals surface area contributed by atoms with E-state index in [0.29, 0.717) is 11.4 Å². The molecule has 3 amide bonds. The molecule has 1 heterocycles. The number of anilines is 1. The van der Waals surface area contributed by atoms with Crippen LogP contribution in [0.25, 0.3) is 0 Å². The van der Waals surface area contributed by atoms with Gasteiger partial charge in [-0.15, -0.1) is 0 Å². The lowest BCUT2D eigenvalue weighted by molar-refractivity contribution is -0.128. The number of aliphatic hydroxyl groups is 1. The Kier molecular flexibility index (Phi) is 5.76. The summed E-state index contributed by atoms with van der Waals surface area (Å²) in [6.07, 6.45) is -0.0234. The van der Waals surface area contributed by atoms with Gasteiger partial charge in [-0.25, -0.2) is 4.79 Å². The number of hydrogen-bond donors (Lipinski definition) is 1. The van der Waals surface area contributed by atoms with Gasteiger partial charge >= 0.3 is 6.03 Å². The number of amides is 3. The first kappa shape index (κ1) is 18.9. The van der Waals surface area contributed by atoms with Crippen molar-refractivity contribution in [2.45, 2.75) is 32.4 Å². The summed E-state index contributed by atoms with van der Waals surface area (Å²) in [6, 6.07) is 15.6. The first-order valence-corrected chi connectivity index (χ1v) is 9.10. The Morgan fingerprint density at radius 3 is 2.37 bits per heavy atom. The highest BCUT2D eigenvalue weighted by Crippen LogP contribution is 2.25. The minimum atomic E-state index is -0.966. The highest BCUT2D eigenvalue weighted by atomic mass is 16.5. The van der Waals surface area contributed by atoms with Gasteiger partial charge in [0.25, 0.3) is 5.91 Å². The van der Waals surface area contributed by atoms with Gasteiger partial charge in [0.15, 0.2) is 0 Å². The van der Waals surface area contributed by atoms with Crippen LogP contribution in [0.5, 0.6) is 5.75 Å². The summed E-state index contributed by atoms with van der Waals surface area (Å²) in [6.45, 7) is 3.66. The maximum Gasteiger partial charge on any atom is 0.332 e. The van der Waals surface area contributed by atoms with E-state index in [4.69, 9.17) is 4.74 Å². The molecule has 3 rings (SSSR count). The van der Waals surface area contributed by atoms with Crippen LogP contribution in [0.3, 0.4) is 0 Å². The molecule has 0 saturated carbocycles. The number of hydrogen-bond acceptors (Lipinski definition) is 4. The third kappa shape index (κ3) is 4.11. The van der Waals surface area contributed by atoms with Gasteiger partial charge < -0.3 is 9.84 Å². The fourth-order valence-corrected chi connectivity index (χ4v) is 3.09. The Bertz CT molecular complexity index is 792. The summed E-state index contributed by atoms with van der Waals surface area (Å²) in [5.41, 5.74) is 1.86. The molecule has 0 spiro atoms. The number of urea groups is 1. The second-order valence-electron chi connectivity index (χ2n) is 6.58. The molecule has 1 aliphatic heterocycles. The molecule has 1 saturated heterocycles. The Morgan fingerprint density at radius 1 is 1.07 bits per heavy atom. The molecule has 6 heteroatoms. The number of rotatable bonds is 7. The number of imide groups is 1. The number of benzene rings is 2. The molecule has 0 radical (unpaired) electrons. The second kappa shape index (κ2) is 8.22. The average molecular weight is 368 g/mol. The standard InChI is InChI=1S/C21H24N2O4/c1-3-16-9-11-19(12-10-16)27-14-18(24)13-22-20(25)15(2)23(21(22)26)17-7-5-4-6-8-17/h4-12,15,18,24H,3,13-14H2,1-2H3. The third-order valence-corrected chi connectivity index (χ3v) is 4.65. The van der Waals surface area contributed by atoms with Crippen molar-refractivity contribution in [2.75, 3.05) is 18.1 Å². The Labute approximate surface area is 159 Å². The predicted molar refractivity (Wildman–Crippen MR) is 103 cm³/mol. The zero-order valence-corrected chi connectivity index (χ0v) is 15.5. The van der Waals surface area contributed by atoms with Crippen molar-refractivity contribution in [2.24, 2.45) is 0 Å². The van der Waals surface area contributed by atoms with E-state index >= 15 is 0 Å². The van der Waals surface area contributed by atoms with Gasteiger partial charge in [0.1, 0.15) is 24.5 Å². The van der Waals surface area contributed by atoms with Gasteiger partial charge in [0.05, 0.1) is 6.54 Å². The fourth-order valence-electron chi connectivity index (χ4n) is 3.09. The zero-order chi connectivity index (χ0) is 19.4. The summed E-state index contributed by atoms with van der Waals surface area (Å²) >= 11 is 0. The van der Waals surface area contributed by atoms with Gasteiger partial charge in [-0.2, -0.15) is 0 Å². The number of aliphatic hydroxyl groups excluding tert-OH is 1. The molecule has 2 aromatic rings. The quantitative estimate of drug-likeness (QED) is 0.763. The highest BCUT2D eigenvalue weighted by Gasteiger charge is 2.43. The van der Waals surface area contributed by atoms with Crippen molar-refractivity contribution in [1.82, 2.24) is 4.90 Å². The maximum atomic E-state index is 12.7. The SMILES string of the molecule is CCc1ccc(OCC(O)CN2C(=O)C(C)N(c3ccccc3)C2=O)cc1. The van der Waals surface area contributed by atoms with Crippen LogP contribution in [0.1, 0.15) is 19.4 Å². The largest absolute Gasteiger partial charge is 0.491 e. The molecule has 142 valence electrons. The van der Waals surface area contributed by atoms with Crippen LogP contribution in [0, 0.1) is 0 Å². The molecule has 1 N–H and O–H groups in total. The van der Waals surface area contributed by atoms with E-state index in [0.717, 1.165) is 11.3 Å². The average Bonchev–Trinajstić information content (AvgIpc) is 2.90. The summed E-state index contributed by atoms with van der Waals surface area (Å²) in [4.78, 5) is 27.7. The summed E-state index contributed by atoms with van der Waals surface area (Å²) < 4.78 is 5.57. The smallest absolute Gasteiger partial charge is 0.332 e. The lowest BCUT2D eigenvalue weighted by atomic mass is 10.2. The normalized spacial score (nSPS) is 18.1. The molecule has 0 bridgehead atoms. The van der Waals surface area contributed by atoms with Crippen molar-refractivity contribution in [1.29, 1.82) is 0 Å². The Balaban J connectivity index is 1.60. The molecule has 27 heavy (non-hydrogen) atoms. The van der Waals surface area contributed by atoms with Crippen molar-refractivity contribution in [3.63, 3.8) is 0 Å². The van der Waals surface area contributed by atoms with Crippen molar-refractivity contribution in [3.05, 3.63) is 60.2 Å². The molecule has 2 atom stereocenters. The number of aryl methyl sites for hydroxylation is 1. The van der Waals surface area contributed by atoms with Crippen LogP contribution in [-0.2, 0) is 11.2 Å². The van der Waals surface area contributed by atoms with E-state index in [9.17, 15) is 14.7 Å². The van der Waals surface area contributed by atoms with Gasteiger partial charge in [0.2, 0.25) is 0 Å². The molecule has 0 aliphatic carbocycles. The van der Waals surface area contributed by atoms with Crippen molar-refractivity contribution >= 4 is 17.6 Å². The molecule has 2 unspecified atom stereocenters. The minimum Gasteiger partial charge on any atom is -0.491 e. The molecule has 1 aliphatic rings. The van der Waals surface area contributed by atoms with Crippen LogP contribution < -0.4 is 9.64 Å². The van der Waals surface area contributed by atoms with E-state index in [1.54, 1.807) is 19.1 Å². The van der Waals surface area contributed by atoms with Crippen LogP contribution >= 0.6 is 0 Å². The van der Waals surface area contributed by atoms with Crippen LogP contribution in [-0.4, -0.2) is 47.2 Å². The van der Waals surface area contributed by atoms with Crippen LogP contribution in [0.4, 0.5) is 10.5 Å². The van der Waals surface area contributed by atoms with Crippen LogP contribution in [0.15, 0.2) is 54.6 Å². The predicted octanol–water partition coefficient (Wildman–Crippen LogP) is 2.85. The zero-order valence-electron chi connectivity index (χ0n) is 15.5. The maximum absolute atomic E-state index is 12.7. The minimum absolute atomic E-state index is 0.00223. The van der Waals surface area contributed by atoms with Crippen LogP contribution in [0.2, 0.25) is 0 Å². The lowest BCUT2D eigenvalue weighted by Gasteiger charge is -2.20. The summed E-state index contributed by atoms with van der Waals surface area (Å²) in [7, 11) is 0. The fraction of sp³-hybridized carbons (Fsp3) is 0.333. The topological polar surface area (TPSA) is 70.1 Å². The Morgan fingerprint density at radius 2 is 1.74 bits per heavy atom. The Hall–Kier alpha value is -2.86. The molecule has 0 aromatic heterocycles. The number of nitrogens with zero attached hydrogens (tertiary/aromatic N) is 2. The number of β-amino-alcohol motifs (C(OH)–C–C–N with tert-alkyl or cyclic N) is 1. The molecule has 1 fully saturated rings. The highest BCUT2D eigenvalue weighted by molar-refractivity contribution is 6.14. The van der Waals surface area contributed by atoms with E-state index in [-0.39, 0.29) is 19.1 Å². The third-order valence-electron chi connectivity index (χ3n) is 4.65. The van der Waals surface area contributed by atoms with Crippen molar-refractivity contribution < 1.29 is 19.4 Å². The van der Waals surface area contributed by atoms with E-state index in [2.05, 4.69) is 6.92 Å². The van der Waals surface area contributed by atoms with Gasteiger partial charge in [-0.1, -0.05) is 37.3 Å². The van der Waals surface area contributed by atoms with Gasteiger partial charge in [-0.05, 0) is 43.2 Å². The second-order valence-corrected chi connectivity index (χ2v) is 6.58. The summed E-state index contributed by atoms with van der Waals surface area (Å²) in [5.74, 6) is 0.319. The molecule has 6 nitrogen and oxygen atoms in total.